The van der Waals surface area contributed by atoms with Gasteiger partial charge in [0.15, 0.2) is 0 Å². The molecule has 1 amide bonds. The van der Waals surface area contributed by atoms with Crippen LogP contribution in [0.2, 0.25) is 0 Å². The number of carboxylic acid groups (broad SMARTS) is 1. The molecule has 0 unspecified atom stereocenters. The molecule has 162 valence electrons. The molecule has 0 aromatic carbocycles. The second kappa shape index (κ2) is 19.7. The van der Waals surface area contributed by atoms with Gasteiger partial charge in [-0.25, -0.2) is 9.59 Å². The van der Waals surface area contributed by atoms with Crippen LogP contribution in [0.1, 0.15) is 0 Å². The van der Waals surface area contributed by atoms with E-state index >= 15 is 0 Å². The third-order valence-electron chi connectivity index (χ3n) is 2.78. The minimum atomic E-state index is -1.13. The summed E-state index contributed by atoms with van der Waals surface area (Å²) in [6.45, 7) is 5.95. The first-order valence-electron chi connectivity index (χ1n) is 8.72. The molecule has 2 N–H and O–H groups in total. The molecule has 0 fully saturated rings. The summed E-state index contributed by atoms with van der Waals surface area (Å²) in [6, 6.07) is 0. The standard InChI is InChI=1S/C17H29NO10/c1-2-17(22)28-12-11-26-10-9-25-8-7-24-6-5-23-4-3-18-15(19)13-27-14-16(20)21/h2H,1,3-14H2,(H,18,19)(H,20,21). The molecule has 0 saturated carbocycles. The van der Waals surface area contributed by atoms with Gasteiger partial charge in [0.2, 0.25) is 5.91 Å². The van der Waals surface area contributed by atoms with Gasteiger partial charge in [0, 0.05) is 12.6 Å². The van der Waals surface area contributed by atoms with Crippen LogP contribution in [0, 0.1) is 0 Å². The maximum atomic E-state index is 11.2. The number of hydrogen-bond donors (Lipinski definition) is 2. The number of carboxylic acids is 1. The summed E-state index contributed by atoms with van der Waals surface area (Å²) in [5.74, 6) is -2.01. The zero-order valence-corrected chi connectivity index (χ0v) is 15.9. The van der Waals surface area contributed by atoms with Crippen molar-refractivity contribution < 1.29 is 47.9 Å². The Balaban J connectivity index is 3.15. The lowest BCUT2D eigenvalue weighted by atomic mass is 10.6. The Bertz CT molecular complexity index is 444. The maximum absolute atomic E-state index is 11.2. The van der Waals surface area contributed by atoms with Crippen molar-refractivity contribution in [3.8, 4) is 0 Å². The van der Waals surface area contributed by atoms with Crippen LogP contribution >= 0.6 is 0 Å². The van der Waals surface area contributed by atoms with E-state index < -0.39 is 24.5 Å². The van der Waals surface area contributed by atoms with Crippen LogP contribution in [0.5, 0.6) is 0 Å². The van der Waals surface area contributed by atoms with E-state index in [1.54, 1.807) is 0 Å². The van der Waals surface area contributed by atoms with Gasteiger partial charge in [-0.2, -0.15) is 0 Å². The molecule has 11 nitrogen and oxygen atoms in total. The number of ether oxygens (including phenoxy) is 6. The van der Waals surface area contributed by atoms with Gasteiger partial charge in [-0.3, -0.25) is 4.79 Å². The number of esters is 1. The normalized spacial score (nSPS) is 10.4. The van der Waals surface area contributed by atoms with Gasteiger partial charge >= 0.3 is 11.9 Å². The van der Waals surface area contributed by atoms with Crippen molar-refractivity contribution >= 4 is 17.8 Å². The number of rotatable bonds is 20. The number of nitrogens with one attached hydrogen (secondary N) is 1. The van der Waals surface area contributed by atoms with E-state index in [0.717, 1.165) is 6.08 Å². The number of amides is 1. The lowest BCUT2D eigenvalue weighted by Crippen LogP contribution is -2.31. The summed E-state index contributed by atoms with van der Waals surface area (Å²) in [4.78, 5) is 32.2. The average Bonchev–Trinajstić information content (AvgIpc) is 2.67. The van der Waals surface area contributed by atoms with Crippen molar-refractivity contribution in [2.45, 2.75) is 0 Å². The third-order valence-corrected chi connectivity index (χ3v) is 2.78. The van der Waals surface area contributed by atoms with Crippen LogP contribution in [0.25, 0.3) is 0 Å². The molecule has 0 rings (SSSR count). The molecule has 11 heteroatoms. The van der Waals surface area contributed by atoms with E-state index in [1.165, 1.54) is 0 Å². The third kappa shape index (κ3) is 20.3. The second-order valence-corrected chi connectivity index (χ2v) is 5.06. The molecule has 0 aliphatic rings. The lowest BCUT2D eigenvalue weighted by Gasteiger charge is -2.08. The first-order chi connectivity index (χ1) is 13.6. The van der Waals surface area contributed by atoms with Crippen LogP contribution in [0.15, 0.2) is 12.7 Å². The Hall–Kier alpha value is -2.05. The highest BCUT2D eigenvalue weighted by molar-refractivity contribution is 5.81. The Kier molecular flexibility index (Phi) is 18.3. The Labute approximate surface area is 163 Å². The van der Waals surface area contributed by atoms with E-state index in [2.05, 4.69) is 16.6 Å². The predicted molar refractivity (Wildman–Crippen MR) is 95.9 cm³/mol. The predicted octanol–water partition coefficient (Wildman–Crippen LogP) is -1.00. The summed E-state index contributed by atoms with van der Waals surface area (Å²) < 4.78 is 30.4. The molecule has 0 heterocycles. The number of hydrogen-bond acceptors (Lipinski definition) is 9. The van der Waals surface area contributed by atoms with Gasteiger partial charge in [-0.05, 0) is 0 Å². The van der Waals surface area contributed by atoms with Crippen molar-refractivity contribution in [1.82, 2.24) is 5.32 Å². The van der Waals surface area contributed by atoms with Crippen LogP contribution in [0.4, 0.5) is 0 Å². The van der Waals surface area contributed by atoms with Gasteiger partial charge in [-0.1, -0.05) is 6.58 Å². The molecule has 0 bridgehead atoms. The van der Waals surface area contributed by atoms with Gasteiger partial charge < -0.3 is 38.8 Å². The SMILES string of the molecule is C=CC(=O)OCCOCCOCCOCCOCCNC(=O)COCC(=O)O. The fraction of sp³-hybridized carbons (Fsp3) is 0.706. The summed E-state index contributed by atoms with van der Waals surface area (Å²) in [6.07, 6.45) is 1.09. The van der Waals surface area contributed by atoms with Crippen molar-refractivity contribution in [2.24, 2.45) is 0 Å². The summed E-state index contributed by atoms with van der Waals surface area (Å²) >= 11 is 0. The van der Waals surface area contributed by atoms with Crippen molar-refractivity contribution in [2.75, 3.05) is 79.2 Å². The highest BCUT2D eigenvalue weighted by atomic mass is 16.6. The average molecular weight is 407 g/mol. The first kappa shape index (κ1) is 26.0. The van der Waals surface area contributed by atoms with Crippen LogP contribution in [0.3, 0.4) is 0 Å². The van der Waals surface area contributed by atoms with Crippen LogP contribution < -0.4 is 5.32 Å². The molecule has 28 heavy (non-hydrogen) atoms. The maximum Gasteiger partial charge on any atom is 0.330 e. The summed E-state index contributed by atoms with van der Waals surface area (Å²) in [5.41, 5.74) is 0. The molecule has 0 spiro atoms. The van der Waals surface area contributed by atoms with Crippen molar-refractivity contribution in [1.29, 1.82) is 0 Å². The van der Waals surface area contributed by atoms with Crippen molar-refractivity contribution in [3.05, 3.63) is 12.7 Å². The molecule has 0 aliphatic heterocycles. The number of carbonyl (C=O) groups excluding carboxylic acids is 2. The molecule has 0 radical (unpaired) electrons. The molecule has 0 saturated heterocycles. The quantitative estimate of drug-likeness (QED) is 0.147. The molecule has 0 aliphatic carbocycles. The summed E-state index contributed by atoms with van der Waals surface area (Å²) in [7, 11) is 0. The zero-order valence-electron chi connectivity index (χ0n) is 15.9. The van der Waals surface area contributed by atoms with Gasteiger partial charge in [-0.15, -0.1) is 0 Å². The zero-order chi connectivity index (χ0) is 20.9. The highest BCUT2D eigenvalue weighted by Gasteiger charge is 2.03. The van der Waals surface area contributed by atoms with E-state index in [4.69, 9.17) is 28.8 Å². The van der Waals surface area contributed by atoms with Gasteiger partial charge in [0.25, 0.3) is 0 Å². The minimum Gasteiger partial charge on any atom is -0.480 e. The Morgan fingerprint density at radius 2 is 1.25 bits per heavy atom. The fourth-order valence-corrected chi connectivity index (χ4v) is 1.57. The fourth-order valence-electron chi connectivity index (χ4n) is 1.57. The highest BCUT2D eigenvalue weighted by Crippen LogP contribution is 1.85. The molecule has 0 aromatic heterocycles. The Morgan fingerprint density at radius 3 is 1.75 bits per heavy atom. The monoisotopic (exact) mass is 407 g/mol. The largest absolute Gasteiger partial charge is 0.480 e. The lowest BCUT2D eigenvalue weighted by molar-refractivity contribution is -0.143. The molecular formula is C17H29NO10. The number of carbonyl (C=O) groups is 3. The second-order valence-electron chi connectivity index (χ2n) is 5.06. The number of aliphatic carboxylic acids is 1. The van der Waals surface area contributed by atoms with Crippen molar-refractivity contribution in [3.63, 3.8) is 0 Å². The topological polar surface area (TPSA) is 139 Å². The Morgan fingerprint density at radius 1 is 0.750 bits per heavy atom. The van der Waals surface area contributed by atoms with Gasteiger partial charge in [0.1, 0.15) is 19.8 Å². The van der Waals surface area contributed by atoms with Crippen LogP contribution in [-0.2, 0) is 42.8 Å². The van der Waals surface area contributed by atoms with E-state index in [1.807, 2.05) is 0 Å². The summed E-state index contributed by atoms with van der Waals surface area (Å²) in [5, 5.41) is 10.9. The molecular weight excluding hydrogens is 378 g/mol. The van der Waals surface area contributed by atoms with E-state index in [-0.39, 0.29) is 13.2 Å². The van der Waals surface area contributed by atoms with Crippen LogP contribution in [-0.4, -0.2) is 102 Å². The smallest absolute Gasteiger partial charge is 0.330 e. The van der Waals surface area contributed by atoms with Gasteiger partial charge in [0.05, 0.1) is 52.9 Å². The molecule has 0 atom stereocenters. The van der Waals surface area contributed by atoms with E-state index in [0.29, 0.717) is 59.4 Å². The minimum absolute atomic E-state index is 0.177. The first-order valence-corrected chi connectivity index (χ1v) is 8.72. The van der Waals surface area contributed by atoms with E-state index in [9.17, 15) is 14.4 Å². The molecule has 0 aromatic rings.